The van der Waals surface area contributed by atoms with Gasteiger partial charge in [-0.05, 0) is 30.2 Å². The molecule has 2 aliphatic heterocycles. The Labute approximate surface area is 190 Å². The molecular formula is C22H28Cl3N3O. The molecule has 4 rings (SSSR count). The first-order chi connectivity index (χ1) is 13.2. The zero-order chi connectivity index (χ0) is 18.6. The maximum absolute atomic E-state index is 12.7. The summed E-state index contributed by atoms with van der Waals surface area (Å²) in [5, 5.41) is 4.09. The minimum atomic E-state index is 0. The van der Waals surface area contributed by atoms with E-state index in [-0.39, 0.29) is 36.8 Å². The molecular weight excluding hydrogens is 429 g/mol. The molecule has 2 fully saturated rings. The highest BCUT2D eigenvalue weighted by Gasteiger charge is 2.32. The van der Waals surface area contributed by atoms with Crippen molar-refractivity contribution in [1.82, 2.24) is 15.1 Å². The van der Waals surface area contributed by atoms with Gasteiger partial charge in [0.05, 0.1) is 12.0 Å². The second kappa shape index (κ2) is 11.2. The predicted molar refractivity (Wildman–Crippen MR) is 123 cm³/mol. The van der Waals surface area contributed by atoms with Crippen molar-refractivity contribution in [1.29, 1.82) is 0 Å². The summed E-state index contributed by atoms with van der Waals surface area (Å²) < 4.78 is 0. The number of hydrogen-bond acceptors (Lipinski definition) is 3. The van der Waals surface area contributed by atoms with Crippen molar-refractivity contribution < 1.29 is 4.79 Å². The van der Waals surface area contributed by atoms with E-state index in [4.69, 9.17) is 11.6 Å². The first kappa shape index (κ1) is 24.0. The number of carbonyl (C=O) groups is 1. The van der Waals surface area contributed by atoms with E-state index in [2.05, 4.69) is 40.5 Å². The van der Waals surface area contributed by atoms with E-state index in [0.29, 0.717) is 5.91 Å². The van der Waals surface area contributed by atoms with Gasteiger partial charge in [-0.15, -0.1) is 24.8 Å². The van der Waals surface area contributed by atoms with Crippen LogP contribution in [0.5, 0.6) is 0 Å². The molecule has 4 nitrogen and oxygen atoms in total. The molecule has 2 aromatic rings. The summed E-state index contributed by atoms with van der Waals surface area (Å²) in [6.07, 6.45) is 0.964. The number of halogens is 3. The topological polar surface area (TPSA) is 35.6 Å². The van der Waals surface area contributed by atoms with Crippen LogP contribution < -0.4 is 5.32 Å². The smallest absolute Gasteiger partial charge is 0.227 e. The monoisotopic (exact) mass is 455 g/mol. The summed E-state index contributed by atoms with van der Waals surface area (Å²) in [5.74, 6) is 0.471. The van der Waals surface area contributed by atoms with E-state index in [1.165, 1.54) is 5.56 Å². The molecule has 0 aliphatic carbocycles. The van der Waals surface area contributed by atoms with Gasteiger partial charge in [0.25, 0.3) is 0 Å². The summed E-state index contributed by atoms with van der Waals surface area (Å²) in [4.78, 5) is 17.2. The van der Waals surface area contributed by atoms with Gasteiger partial charge in [0.15, 0.2) is 0 Å². The molecule has 0 bridgehead atoms. The van der Waals surface area contributed by atoms with E-state index in [1.807, 2.05) is 29.2 Å². The predicted octanol–water partition coefficient (Wildman–Crippen LogP) is 4.03. The number of benzene rings is 2. The molecule has 2 unspecified atom stereocenters. The second-order valence-corrected chi connectivity index (χ2v) is 7.79. The van der Waals surface area contributed by atoms with E-state index < -0.39 is 0 Å². The average Bonchev–Trinajstić information content (AvgIpc) is 3.25. The normalized spacial score (nSPS) is 20.4. The van der Waals surface area contributed by atoms with Crippen molar-refractivity contribution in [3.8, 4) is 0 Å². The van der Waals surface area contributed by atoms with Crippen molar-refractivity contribution >= 4 is 42.3 Å². The van der Waals surface area contributed by atoms with Gasteiger partial charge in [-0.1, -0.05) is 60.1 Å². The van der Waals surface area contributed by atoms with Gasteiger partial charge in [-0.3, -0.25) is 9.69 Å². The SMILES string of the molecule is Cl.Cl.O=C(C1CCNC1)N1CCN(C(c2ccccc2)c2ccccc2Cl)CC1. The van der Waals surface area contributed by atoms with Crippen LogP contribution in [0.25, 0.3) is 0 Å². The quantitative estimate of drug-likeness (QED) is 0.754. The highest BCUT2D eigenvalue weighted by molar-refractivity contribution is 6.31. The molecule has 2 heterocycles. The Hall–Kier alpha value is -1.30. The summed E-state index contributed by atoms with van der Waals surface area (Å²) in [6, 6.07) is 18.7. The second-order valence-electron chi connectivity index (χ2n) is 7.39. The summed E-state index contributed by atoms with van der Waals surface area (Å²) in [6.45, 7) is 5.06. The third-order valence-corrected chi connectivity index (χ3v) is 6.06. The Kier molecular flexibility index (Phi) is 9.25. The standard InChI is InChI=1S/C22H26ClN3O.2ClH/c23-20-9-5-4-8-19(20)21(17-6-2-1-3-7-17)25-12-14-26(15-13-25)22(27)18-10-11-24-16-18;;/h1-9,18,21,24H,10-16H2;2*1H. The lowest BCUT2D eigenvalue weighted by Crippen LogP contribution is -2.51. The van der Waals surface area contributed by atoms with Crippen LogP contribution in [0.4, 0.5) is 0 Å². The maximum atomic E-state index is 12.7. The Morgan fingerprint density at radius 3 is 2.24 bits per heavy atom. The summed E-state index contributed by atoms with van der Waals surface area (Å²) in [5.41, 5.74) is 2.37. The molecule has 0 saturated carbocycles. The third kappa shape index (κ3) is 5.44. The van der Waals surface area contributed by atoms with Gasteiger partial charge in [-0.2, -0.15) is 0 Å². The minimum Gasteiger partial charge on any atom is -0.340 e. The van der Waals surface area contributed by atoms with Gasteiger partial charge in [0.1, 0.15) is 0 Å². The zero-order valence-corrected chi connectivity index (χ0v) is 18.7. The lowest BCUT2D eigenvalue weighted by molar-refractivity contribution is -0.136. The number of nitrogens with zero attached hydrogens (tertiary/aromatic N) is 2. The first-order valence-corrected chi connectivity index (χ1v) is 10.1. The molecule has 7 heteroatoms. The fraction of sp³-hybridized carbons (Fsp3) is 0.409. The third-order valence-electron chi connectivity index (χ3n) is 5.72. The Morgan fingerprint density at radius 2 is 1.62 bits per heavy atom. The van der Waals surface area contributed by atoms with Crippen LogP contribution in [-0.4, -0.2) is 55.0 Å². The molecule has 1 N–H and O–H groups in total. The number of piperazine rings is 1. The van der Waals surface area contributed by atoms with Gasteiger partial charge < -0.3 is 10.2 Å². The Balaban J connectivity index is 0.00000150. The van der Waals surface area contributed by atoms with Crippen LogP contribution in [0.1, 0.15) is 23.6 Å². The van der Waals surface area contributed by atoms with E-state index in [9.17, 15) is 4.79 Å². The number of nitrogens with one attached hydrogen (secondary N) is 1. The van der Waals surface area contributed by atoms with Crippen LogP contribution in [0.2, 0.25) is 5.02 Å². The molecule has 2 aliphatic rings. The van der Waals surface area contributed by atoms with Crippen molar-refractivity contribution in [2.75, 3.05) is 39.3 Å². The molecule has 0 spiro atoms. The largest absolute Gasteiger partial charge is 0.340 e. The molecule has 2 atom stereocenters. The van der Waals surface area contributed by atoms with E-state index in [0.717, 1.165) is 56.3 Å². The molecule has 29 heavy (non-hydrogen) atoms. The number of hydrogen-bond donors (Lipinski definition) is 1. The lowest BCUT2D eigenvalue weighted by Gasteiger charge is -2.40. The van der Waals surface area contributed by atoms with E-state index >= 15 is 0 Å². The van der Waals surface area contributed by atoms with Gasteiger partial charge in [0.2, 0.25) is 5.91 Å². The van der Waals surface area contributed by atoms with Crippen LogP contribution in [0.15, 0.2) is 54.6 Å². The zero-order valence-electron chi connectivity index (χ0n) is 16.3. The molecule has 0 aromatic heterocycles. The fourth-order valence-corrected chi connectivity index (χ4v) is 4.48. The maximum Gasteiger partial charge on any atom is 0.227 e. The Bertz CT molecular complexity index is 776. The van der Waals surface area contributed by atoms with Gasteiger partial charge in [-0.25, -0.2) is 0 Å². The van der Waals surface area contributed by atoms with Crippen molar-refractivity contribution in [3.05, 3.63) is 70.7 Å². The summed E-state index contributed by atoms with van der Waals surface area (Å²) >= 11 is 6.56. The molecule has 158 valence electrons. The fourth-order valence-electron chi connectivity index (χ4n) is 4.24. The lowest BCUT2D eigenvalue weighted by atomic mass is 9.96. The highest BCUT2D eigenvalue weighted by Crippen LogP contribution is 2.34. The van der Waals surface area contributed by atoms with Crippen molar-refractivity contribution in [3.63, 3.8) is 0 Å². The van der Waals surface area contributed by atoms with Crippen LogP contribution in [0.3, 0.4) is 0 Å². The first-order valence-electron chi connectivity index (χ1n) is 9.77. The molecule has 2 saturated heterocycles. The van der Waals surface area contributed by atoms with Crippen LogP contribution in [0, 0.1) is 5.92 Å². The summed E-state index contributed by atoms with van der Waals surface area (Å²) in [7, 11) is 0. The number of rotatable bonds is 4. The van der Waals surface area contributed by atoms with Crippen LogP contribution >= 0.6 is 36.4 Å². The van der Waals surface area contributed by atoms with Crippen molar-refractivity contribution in [2.45, 2.75) is 12.5 Å². The van der Waals surface area contributed by atoms with E-state index in [1.54, 1.807) is 0 Å². The minimum absolute atomic E-state index is 0. The van der Waals surface area contributed by atoms with Crippen LogP contribution in [-0.2, 0) is 4.79 Å². The molecule has 2 aromatic carbocycles. The van der Waals surface area contributed by atoms with Crippen molar-refractivity contribution in [2.24, 2.45) is 5.92 Å². The van der Waals surface area contributed by atoms with Gasteiger partial charge >= 0.3 is 0 Å². The molecule has 0 radical (unpaired) electrons. The Morgan fingerprint density at radius 1 is 0.966 bits per heavy atom. The molecule has 1 amide bonds. The number of amides is 1. The van der Waals surface area contributed by atoms with Gasteiger partial charge in [0, 0.05) is 37.7 Å². The average molecular weight is 457 g/mol. The number of carbonyl (C=O) groups excluding carboxylic acids is 1. The highest BCUT2D eigenvalue weighted by atomic mass is 35.5.